The van der Waals surface area contributed by atoms with Gasteiger partial charge in [-0.25, -0.2) is 9.97 Å². The van der Waals surface area contributed by atoms with Crippen molar-refractivity contribution in [3.8, 4) is 5.75 Å². The Balaban J connectivity index is 0.669. The number of nitrogens with zero attached hydrogens (tertiary/aromatic N) is 6. The maximum atomic E-state index is 13.1. The van der Waals surface area contributed by atoms with E-state index in [0.717, 1.165) is 91.2 Å². The summed E-state index contributed by atoms with van der Waals surface area (Å²) in [7, 11) is -0.790. The van der Waals surface area contributed by atoms with Crippen LogP contribution in [0.25, 0.3) is 0 Å². The average molecular weight is 1010 g/mol. The van der Waals surface area contributed by atoms with Crippen molar-refractivity contribution in [3.63, 3.8) is 0 Å². The van der Waals surface area contributed by atoms with Crippen molar-refractivity contribution >= 4 is 59.1 Å². The van der Waals surface area contributed by atoms with Crippen molar-refractivity contribution in [1.82, 2.24) is 30.0 Å². The molecule has 5 heterocycles. The Bertz CT molecular complexity index is 2580. The van der Waals surface area contributed by atoms with Crippen LogP contribution in [0.5, 0.6) is 5.75 Å². The van der Waals surface area contributed by atoms with Crippen LogP contribution in [0.1, 0.15) is 70.7 Å². The Morgan fingerprint density at radius 3 is 2.31 bits per heavy atom. The fourth-order valence-corrected chi connectivity index (χ4v) is 11.4. The number of carbonyl (C=O) groups excluding carboxylic acids is 4. The predicted octanol–water partition coefficient (Wildman–Crippen LogP) is 4.99. The van der Waals surface area contributed by atoms with Crippen molar-refractivity contribution < 1.29 is 42.7 Å². The second-order valence-electron chi connectivity index (χ2n) is 18.8. The van der Waals surface area contributed by atoms with Gasteiger partial charge in [0.2, 0.25) is 17.7 Å². The van der Waals surface area contributed by atoms with Gasteiger partial charge in [0.05, 0.1) is 63.9 Å². The van der Waals surface area contributed by atoms with E-state index in [1.165, 1.54) is 0 Å². The number of hydrogen-bond donors (Lipinski definition) is 2. The van der Waals surface area contributed by atoms with Gasteiger partial charge in [0.25, 0.3) is 5.91 Å². The van der Waals surface area contributed by atoms with Crippen LogP contribution in [0.15, 0.2) is 66.9 Å². The van der Waals surface area contributed by atoms with E-state index in [9.17, 15) is 23.7 Å². The van der Waals surface area contributed by atoms with Gasteiger partial charge < -0.3 is 43.5 Å². The molecule has 380 valence electrons. The third-order valence-electron chi connectivity index (χ3n) is 13.8. The van der Waals surface area contributed by atoms with Crippen molar-refractivity contribution in [3.05, 3.63) is 106 Å². The first-order valence-electron chi connectivity index (χ1n) is 24.7. The van der Waals surface area contributed by atoms with Gasteiger partial charge in [-0.3, -0.25) is 29.4 Å². The number of piperazine rings is 1. The number of nitrogens with one attached hydrogen (secondary N) is 2. The first-order chi connectivity index (χ1) is 34.4. The van der Waals surface area contributed by atoms with Crippen LogP contribution < -0.4 is 25.6 Å². The van der Waals surface area contributed by atoms with E-state index in [-0.39, 0.29) is 24.1 Å². The summed E-state index contributed by atoms with van der Waals surface area (Å²) < 4.78 is 35.9. The number of carbonyl (C=O) groups is 4. The Hall–Kier alpha value is -5.42. The third kappa shape index (κ3) is 13.4. The highest BCUT2D eigenvalue weighted by Gasteiger charge is 2.40. The Morgan fingerprint density at radius 2 is 1.58 bits per heavy atom. The topological polar surface area (TPSA) is 185 Å². The van der Waals surface area contributed by atoms with Gasteiger partial charge in [-0.15, -0.1) is 0 Å². The molecule has 17 nitrogen and oxygen atoms in total. The molecule has 3 aromatic carbocycles. The zero-order chi connectivity index (χ0) is 49.9. The molecule has 0 spiro atoms. The monoisotopic (exact) mass is 1010 g/mol. The highest BCUT2D eigenvalue weighted by molar-refractivity contribution is 7.70. The minimum Gasteiger partial charge on any atom is -0.496 e. The number of anilines is 2. The lowest BCUT2D eigenvalue weighted by molar-refractivity contribution is -0.137. The fraction of sp³-hybridized carbons (Fsp3) is 0.500. The number of piperidine rings is 2. The van der Waals surface area contributed by atoms with Crippen molar-refractivity contribution in [1.29, 1.82) is 0 Å². The number of rotatable bonds is 22. The number of imide groups is 1. The second kappa shape index (κ2) is 24.3. The summed E-state index contributed by atoms with van der Waals surface area (Å²) in [6.45, 7) is 11.8. The Labute approximate surface area is 421 Å². The fourth-order valence-electron chi connectivity index (χ4n) is 9.96. The van der Waals surface area contributed by atoms with Gasteiger partial charge in [0, 0.05) is 123 Å². The van der Waals surface area contributed by atoms with Crippen molar-refractivity contribution in [2.45, 2.75) is 63.6 Å². The van der Waals surface area contributed by atoms with E-state index in [4.69, 9.17) is 35.5 Å². The number of amides is 4. The first kappa shape index (κ1) is 51.9. The molecule has 4 aromatic rings. The average Bonchev–Trinajstić information content (AvgIpc) is 3.71. The summed E-state index contributed by atoms with van der Waals surface area (Å²) in [4.78, 5) is 67.9. The smallest absolute Gasteiger partial charge is 0.255 e. The van der Waals surface area contributed by atoms with Crippen LogP contribution in [-0.4, -0.2) is 166 Å². The predicted molar refractivity (Wildman–Crippen MR) is 273 cm³/mol. The summed E-state index contributed by atoms with van der Waals surface area (Å²) in [6.07, 6.45) is 5.57. The second-order valence-corrected chi connectivity index (χ2v) is 22.4. The van der Waals surface area contributed by atoms with Crippen LogP contribution >= 0.6 is 18.7 Å². The summed E-state index contributed by atoms with van der Waals surface area (Å²) >= 11 is 6.57. The van der Waals surface area contributed by atoms with E-state index in [1.54, 1.807) is 37.6 Å². The molecule has 71 heavy (non-hydrogen) atoms. The van der Waals surface area contributed by atoms with Crippen molar-refractivity contribution in [2.75, 3.05) is 116 Å². The van der Waals surface area contributed by atoms with E-state index >= 15 is 0 Å². The number of benzene rings is 3. The lowest BCUT2D eigenvalue weighted by Crippen LogP contribution is -2.54. The molecule has 0 radical (unpaired) electrons. The lowest BCUT2D eigenvalue weighted by Gasteiger charge is -2.43. The molecule has 0 bridgehead atoms. The van der Waals surface area contributed by atoms with Crippen LogP contribution in [0.2, 0.25) is 5.02 Å². The van der Waals surface area contributed by atoms with Crippen LogP contribution in [0.4, 0.5) is 11.4 Å². The SMILES string of the molecule is COc1cc(N2CCC(N3CCN(C(=O)CCOCCOCCOCCNc4cccc5c4CN(C4CCC(=O)NC4=O)C5=O)CC3)CC2)ccc1Cc1ncc(Cl)c(Cc2ccccc2P(C)(C)=O)n1. The van der Waals surface area contributed by atoms with Gasteiger partial charge in [0.15, 0.2) is 0 Å². The molecule has 4 aliphatic heterocycles. The molecule has 4 amide bonds. The molecule has 3 fully saturated rings. The molecule has 19 heteroatoms. The number of hydrogen-bond acceptors (Lipinski definition) is 14. The van der Waals surface area contributed by atoms with Crippen molar-refractivity contribution in [2.24, 2.45) is 0 Å². The normalized spacial score (nSPS) is 17.9. The molecular formula is C52H66ClN8O9P. The minimum atomic E-state index is -2.48. The molecule has 4 aliphatic rings. The van der Waals surface area contributed by atoms with Crippen LogP contribution in [-0.2, 0) is 52.5 Å². The summed E-state index contributed by atoms with van der Waals surface area (Å²) in [5.74, 6) is 0.609. The quantitative estimate of drug-likeness (QED) is 0.0610. The van der Waals surface area contributed by atoms with E-state index in [0.29, 0.717) is 107 Å². The van der Waals surface area contributed by atoms with Gasteiger partial charge in [-0.2, -0.15) is 0 Å². The van der Waals surface area contributed by atoms with Gasteiger partial charge in [0.1, 0.15) is 24.8 Å². The Morgan fingerprint density at radius 1 is 0.845 bits per heavy atom. The van der Waals surface area contributed by atoms with Gasteiger partial charge in [-0.05, 0) is 56.4 Å². The molecule has 2 N–H and O–H groups in total. The number of methoxy groups -OCH3 is 1. The minimum absolute atomic E-state index is 0.119. The molecule has 0 aliphatic carbocycles. The molecule has 0 saturated carbocycles. The molecular weight excluding hydrogens is 947 g/mol. The largest absolute Gasteiger partial charge is 0.496 e. The third-order valence-corrected chi connectivity index (χ3v) is 15.7. The summed E-state index contributed by atoms with van der Waals surface area (Å²) in [5.41, 5.74) is 5.98. The number of ether oxygens (including phenoxy) is 4. The zero-order valence-corrected chi connectivity index (χ0v) is 42.7. The van der Waals surface area contributed by atoms with E-state index in [2.05, 4.69) is 43.6 Å². The summed E-state index contributed by atoms with van der Waals surface area (Å²) in [6, 6.07) is 19.4. The molecule has 1 aromatic heterocycles. The number of halogens is 1. The lowest BCUT2D eigenvalue weighted by atomic mass is 10.0. The van der Waals surface area contributed by atoms with E-state index < -0.39 is 19.1 Å². The maximum Gasteiger partial charge on any atom is 0.255 e. The van der Waals surface area contributed by atoms with Crippen LogP contribution in [0, 0.1) is 0 Å². The van der Waals surface area contributed by atoms with Gasteiger partial charge >= 0.3 is 0 Å². The van der Waals surface area contributed by atoms with Gasteiger partial charge in [-0.1, -0.05) is 48.0 Å². The maximum absolute atomic E-state index is 13.1. The molecule has 1 atom stereocenters. The highest BCUT2D eigenvalue weighted by atomic mass is 35.5. The molecule has 3 saturated heterocycles. The number of fused-ring (bicyclic) bond motifs is 1. The molecule has 8 rings (SSSR count). The zero-order valence-electron chi connectivity index (χ0n) is 41.0. The summed E-state index contributed by atoms with van der Waals surface area (Å²) in [5, 5.41) is 7.00. The van der Waals surface area contributed by atoms with Crippen LogP contribution in [0.3, 0.4) is 0 Å². The first-order valence-corrected chi connectivity index (χ1v) is 27.6. The Kier molecular flexibility index (Phi) is 17.8. The number of aromatic nitrogens is 2. The standard InChI is InChI=1S/C52H66ClN8O9P/c1-67-46-33-39(12-11-36(46)32-48-55-34-42(53)44(56-48)31-37-7-4-5-10-47(37)71(2,3)66)58-19-15-38(16-20-58)59-21-23-60(24-22-59)50(63)17-25-68-27-29-70-30-28-69-26-18-54-43-9-6-8-40-41(43)35-61(52(40)65)45-13-14-49(62)57-51(45)64/h4-12,33-34,38,45,54H,13-32,35H2,1-3H3,(H,57,62,64). The molecule has 1 unspecified atom stereocenters. The van der Waals surface area contributed by atoms with E-state index in [1.807, 2.05) is 41.3 Å². The highest BCUT2D eigenvalue weighted by Crippen LogP contribution is 2.37.